The van der Waals surface area contributed by atoms with Gasteiger partial charge in [0.2, 0.25) is 0 Å². The molecule has 3 heterocycles. The van der Waals surface area contributed by atoms with E-state index in [2.05, 4.69) is 5.10 Å². The largest absolute Gasteiger partial charge is 0.416 e. The lowest BCUT2D eigenvalue weighted by Crippen LogP contribution is -2.20. The highest BCUT2D eigenvalue weighted by Crippen LogP contribution is 2.39. The molecule has 0 unspecified atom stereocenters. The first kappa shape index (κ1) is 22.0. The molecule has 1 atom stereocenters. The van der Waals surface area contributed by atoms with Gasteiger partial charge in [0, 0.05) is 23.4 Å². The second-order valence-electron chi connectivity index (χ2n) is 7.75. The van der Waals surface area contributed by atoms with Crippen molar-refractivity contribution in [3.63, 3.8) is 0 Å². The van der Waals surface area contributed by atoms with Gasteiger partial charge in [-0.05, 0) is 49.4 Å². The molecular formula is C22H21ClF3N3OS. The van der Waals surface area contributed by atoms with Gasteiger partial charge in [-0.25, -0.2) is 0 Å². The van der Waals surface area contributed by atoms with Crippen LogP contribution in [0.2, 0.25) is 5.02 Å². The minimum atomic E-state index is -4.40. The number of hydrogen-bond donors (Lipinski definition) is 1. The van der Waals surface area contributed by atoms with Crippen LogP contribution in [0, 0.1) is 5.92 Å². The Hall–Kier alpha value is -2.16. The number of rotatable bonds is 6. The molecular weight excluding hydrogens is 447 g/mol. The molecule has 3 aromatic rings. The van der Waals surface area contributed by atoms with E-state index in [1.165, 1.54) is 17.4 Å². The zero-order valence-electron chi connectivity index (χ0n) is 16.6. The van der Waals surface area contributed by atoms with Gasteiger partial charge in [0.1, 0.15) is 0 Å². The van der Waals surface area contributed by atoms with Crippen LogP contribution < -0.4 is 5.73 Å². The molecule has 0 amide bonds. The Labute approximate surface area is 186 Å². The summed E-state index contributed by atoms with van der Waals surface area (Å²) in [5, 5.41) is 4.87. The molecule has 2 N–H and O–H groups in total. The Morgan fingerprint density at radius 3 is 2.87 bits per heavy atom. The van der Waals surface area contributed by atoms with Crippen LogP contribution in [0.4, 0.5) is 13.2 Å². The zero-order chi connectivity index (χ0) is 22.2. The van der Waals surface area contributed by atoms with Gasteiger partial charge in [-0.1, -0.05) is 29.8 Å². The molecule has 0 saturated heterocycles. The third-order valence-corrected chi connectivity index (χ3v) is 7.01. The van der Waals surface area contributed by atoms with Crippen LogP contribution in [-0.2, 0) is 25.6 Å². The van der Waals surface area contributed by atoms with Crippen LogP contribution in [0.15, 0.2) is 36.5 Å². The molecule has 4 nitrogen and oxygen atoms in total. The number of aromatic nitrogens is 2. The lowest BCUT2D eigenvalue weighted by atomic mass is 9.93. The minimum absolute atomic E-state index is 0.0531. The molecule has 0 bridgehead atoms. The molecule has 0 radical (unpaired) electrons. The Balaban J connectivity index is 1.52. The van der Waals surface area contributed by atoms with E-state index in [4.69, 9.17) is 17.3 Å². The third-order valence-electron chi connectivity index (χ3n) is 5.49. The number of Topliss-reactive ketones (excluding diaryl/α,β-unsaturated/α-hetero) is 1. The first-order valence-electron chi connectivity index (χ1n) is 10.00. The summed E-state index contributed by atoms with van der Waals surface area (Å²) in [6.07, 6.45) is -0.531. The van der Waals surface area contributed by atoms with Gasteiger partial charge in [-0.3, -0.25) is 9.48 Å². The van der Waals surface area contributed by atoms with Crippen molar-refractivity contribution in [3.8, 4) is 11.3 Å². The van der Waals surface area contributed by atoms with Crippen molar-refractivity contribution >= 4 is 28.7 Å². The standard InChI is InChI=1S/C22H21ClF3N3OS/c23-17-12-28-29-6-2-5-19-16(21(17)29)10-20(31-19)18(30)9-14(11-27)7-13-3-1-4-15(8-13)22(24,25)26/h1,3-4,8,10,12,14H,2,5-7,9,11,27H2/t14-/m1/s1. The van der Waals surface area contributed by atoms with Crippen molar-refractivity contribution in [1.82, 2.24) is 9.78 Å². The number of thiophene rings is 1. The van der Waals surface area contributed by atoms with Gasteiger partial charge >= 0.3 is 6.18 Å². The summed E-state index contributed by atoms with van der Waals surface area (Å²) in [4.78, 5) is 14.7. The Kier molecular flexibility index (Phi) is 6.23. The highest BCUT2D eigenvalue weighted by Gasteiger charge is 2.30. The maximum absolute atomic E-state index is 13.0. The lowest BCUT2D eigenvalue weighted by Gasteiger charge is -2.15. The van der Waals surface area contributed by atoms with E-state index in [0.717, 1.165) is 47.7 Å². The maximum Gasteiger partial charge on any atom is 0.416 e. The zero-order valence-corrected chi connectivity index (χ0v) is 18.2. The third kappa shape index (κ3) is 4.71. The number of carbonyl (C=O) groups is 1. The van der Waals surface area contributed by atoms with Gasteiger partial charge in [0.15, 0.2) is 5.78 Å². The van der Waals surface area contributed by atoms with E-state index in [1.54, 1.807) is 12.3 Å². The van der Waals surface area contributed by atoms with Gasteiger partial charge in [-0.2, -0.15) is 18.3 Å². The quantitative estimate of drug-likeness (QED) is 0.478. The van der Waals surface area contributed by atoms with Crippen molar-refractivity contribution in [2.24, 2.45) is 11.7 Å². The van der Waals surface area contributed by atoms with Gasteiger partial charge in [-0.15, -0.1) is 11.3 Å². The number of alkyl halides is 3. The van der Waals surface area contributed by atoms with Crippen LogP contribution in [0.25, 0.3) is 11.3 Å². The smallest absolute Gasteiger partial charge is 0.330 e. The summed E-state index contributed by atoms with van der Waals surface area (Å²) in [7, 11) is 0. The van der Waals surface area contributed by atoms with Crippen LogP contribution in [-0.4, -0.2) is 22.1 Å². The van der Waals surface area contributed by atoms with E-state index in [-0.39, 0.29) is 24.7 Å². The number of nitrogens with zero attached hydrogens (tertiary/aromatic N) is 2. The number of aryl methyl sites for hydroxylation is 2. The van der Waals surface area contributed by atoms with Gasteiger partial charge in [0.25, 0.3) is 0 Å². The molecule has 0 saturated carbocycles. The lowest BCUT2D eigenvalue weighted by molar-refractivity contribution is -0.137. The van der Waals surface area contributed by atoms with Gasteiger partial charge in [0.05, 0.1) is 27.4 Å². The van der Waals surface area contributed by atoms with E-state index in [0.29, 0.717) is 21.9 Å². The summed E-state index contributed by atoms with van der Waals surface area (Å²) in [5.74, 6) is -0.297. The summed E-state index contributed by atoms with van der Waals surface area (Å²) in [6.45, 7) is 0.991. The van der Waals surface area contributed by atoms with Crippen molar-refractivity contribution in [1.29, 1.82) is 0 Å². The summed E-state index contributed by atoms with van der Waals surface area (Å²) < 4.78 is 40.8. The maximum atomic E-state index is 13.0. The number of fused-ring (bicyclic) bond motifs is 3. The fourth-order valence-corrected chi connectivity index (χ4v) is 5.35. The summed E-state index contributed by atoms with van der Waals surface area (Å²) in [6, 6.07) is 7.06. The molecule has 1 aliphatic heterocycles. The highest BCUT2D eigenvalue weighted by molar-refractivity contribution is 7.14. The van der Waals surface area contributed by atoms with Crippen LogP contribution in [0.5, 0.6) is 0 Å². The highest BCUT2D eigenvalue weighted by atomic mass is 35.5. The molecule has 1 aromatic carbocycles. The summed E-state index contributed by atoms with van der Waals surface area (Å²) in [5.41, 5.74) is 7.47. The second-order valence-corrected chi connectivity index (χ2v) is 9.29. The predicted molar refractivity (Wildman–Crippen MR) is 116 cm³/mol. The molecule has 9 heteroatoms. The Bertz CT molecular complexity index is 1110. The predicted octanol–water partition coefficient (Wildman–Crippen LogP) is 5.62. The monoisotopic (exact) mass is 467 g/mol. The number of carbonyl (C=O) groups excluding carboxylic acids is 1. The number of hydrogen-bond acceptors (Lipinski definition) is 4. The van der Waals surface area contributed by atoms with Crippen molar-refractivity contribution in [3.05, 3.63) is 62.4 Å². The van der Waals surface area contributed by atoms with E-state index in [1.807, 2.05) is 10.7 Å². The Morgan fingerprint density at radius 2 is 2.13 bits per heavy atom. The number of halogens is 4. The van der Waals surface area contributed by atoms with Gasteiger partial charge < -0.3 is 5.73 Å². The van der Waals surface area contributed by atoms with E-state index >= 15 is 0 Å². The Morgan fingerprint density at radius 1 is 1.32 bits per heavy atom. The van der Waals surface area contributed by atoms with E-state index in [9.17, 15) is 18.0 Å². The topological polar surface area (TPSA) is 60.9 Å². The normalized spacial score (nSPS) is 14.6. The average molecular weight is 468 g/mol. The molecule has 0 spiro atoms. The number of nitrogens with two attached hydrogens (primary N) is 1. The van der Waals surface area contributed by atoms with E-state index < -0.39 is 11.7 Å². The van der Waals surface area contributed by atoms with Crippen molar-refractivity contribution in [2.75, 3.05) is 6.54 Å². The number of benzene rings is 1. The fraction of sp³-hybridized carbons (Fsp3) is 0.364. The molecule has 0 fully saturated rings. The molecule has 4 rings (SSSR count). The fourth-order valence-electron chi connectivity index (χ4n) is 3.95. The average Bonchev–Trinajstić information content (AvgIpc) is 3.26. The van der Waals surface area contributed by atoms with Crippen LogP contribution in [0.3, 0.4) is 0 Å². The molecule has 31 heavy (non-hydrogen) atoms. The van der Waals surface area contributed by atoms with Crippen LogP contribution in [0.1, 0.15) is 38.5 Å². The molecule has 0 aliphatic carbocycles. The molecule has 1 aliphatic rings. The van der Waals surface area contributed by atoms with Crippen molar-refractivity contribution in [2.45, 2.75) is 38.4 Å². The minimum Gasteiger partial charge on any atom is -0.330 e. The number of ketones is 1. The second kappa shape index (κ2) is 8.76. The first-order valence-corrected chi connectivity index (χ1v) is 11.2. The summed E-state index contributed by atoms with van der Waals surface area (Å²) >= 11 is 7.79. The first-order chi connectivity index (χ1) is 14.8. The SMILES string of the molecule is NC[C@@H](CC(=O)c1cc2c(s1)CCCn1ncc(Cl)c1-2)Cc1cccc(C(F)(F)F)c1. The van der Waals surface area contributed by atoms with Crippen molar-refractivity contribution < 1.29 is 18.0 Å². The molecule has 2 aromatic heterocycles. The molecule has 164 valence electrons. The van der Waals surface area contributed by atoms with Crippen LogP contribution >= 0.6 is 22.9 Å².